The maximum absolute atomic E-state index is 13.1. The Kier molecular flexibility index (Phi) is 8.65. The first-order valence-electron chi connectivity index (χ1n) is 10.9. The van der Waals surface area contributed by atoms with Crippen molar-refractivity contribution in [3.05, 3.63) is 58.1 Å². The molecule has 2 rings (SSSR count). The highest BCUT2D eigenvalue weighted by molar-refractivity contribution is 6.49. The van der Waals surface area contributed by atoms with Crippen molar-refractivity contribution < 1.29 is 44.0 Å². The second kappa shape index (κ2) is 10.7. The minimum atomic E-state index is -2.27. The van der Waals surface area contributed by atoms with Gasteiger partial charge in [-0.25, -0.2) is 4.79 Å². The number of halogens is 1. The molecule has 0 aromatic rings. The summed E-state index contributed by atoms with van der Waals surface area (Å²) in [6, 6.07) is 0. The highest BCUT2D eigenvalue weighted by atomic mass is 35.5. The van der Waals surface area contributed by atoms with Crippen LogP contribution in [0.2, 0.25) is 0 Å². The van der Waals surface area contributed by atoms with Gasteiger partial charge in [0, 0.05) is 11.6 Å². The van der Waals surface area contributed by atoms with E-state index in [1.807, 2.05) is 6.92 Å². The van der Waals surface area contributed by atoms with Crippen LogP contribution in [-0.4, -0.2) is 56.1 Å². The predicted octanol–water partition coefficient (Wildman–Crippen LogP) is 2.87. The molecule has 0 saturated carbocycles. The van der Waals surface area contributed by atoms with Crippen molar-refractivity contribution in [3.8, 4) is 0 Å². The molecule has 4 atom stereocenters. The summed E-state index contributed by atoms with van der Waals surface area (Å²) >= 11 is 6.25. The molecular formula is C25H29ClO9. The van der Waals surface area contributed by atoms with Crippen molar-refractivity contribution >= 4 is 35.1 Å². The van der Waals surface area contributed by atoms with Crippen molar-refractivity contribution in [2.24, 2.45) is 5.92 Å². The van der Waals surface area contributed by atoms with E-state index < -0.39 is 47.2 Å². The van der Waals surface area contributed by atoms with Crippen molar-refractivity contribution in [2.45, 2.75) is 64.8 Å². The van der Waals surface area contributed by atoms with Crippen LogP contribution in [0.5, 0.6) is 0 Å². The van der Waals surface area contributed by atoms with Gasteiger partial charge in [-0.3, -0.25) is 14.4 Å². The minimum absolute atomic E-state index is 0.0563. The van der Waals surface area contributed by atoms with Crippen LogP contribution in [0.4, 0.5) is 0 Å². The molecule has 1 aliphatic heterocycles. The second-order valence-electron chi connectivity index (χ2n) is 8.99. The molecule has 4 unspecified atom stereocenters. The number of carboxylic acid groups (broad SMARTS) is 1. The normalized spacial score (nSPS) is 24.2. The first-order valence-corrected chi connectivity index (χ1v) is 11.3. The zero-order valence-corrected chi connectivity index (χ0v) is 20.9. The molecule has 10 heteroatoms. The SMILES string of the molecule is CCC(C)C(O)C(C)(O)C=CC1=CC2=C(Cl)C(=O)C(C)(OC(=O)C=C(C)CC(=O)O)C(=O)C2=CO1. The third-order valence-corrected chi connectivity index (χ3v) is 6.28. The Morgan fingerprint density at radius 2 is 1.94 bits per heavy atom. The molecule has 0 amide bonds. The van der Waals surface area contributed by atoms with Gasteiger partial charge >= 0.3 is 11.9 Å². The van der Waals surface area contributed by atoms with Gasteiger partial charge in [-0.15, -0.1) is 0 Å². The standard InChI is InChI=1S/C25H29ClO9/c1-6-14(3)21(30)24(4,33)8-7-15-11-16-17(12-34-15)22(31)25(5,23(32)20(16)26)35-19(29)10-13(2)9-18(27)28/h7-8,10-12,14,21,30,33H,6,9H2,1-5H3,(H,27,28). The van der Waals surface area contributed by atoms with Crippen LogP contribution < -0.4 is 0 Å². The van der Waals surface area contributed by atoms with Crippen LogP contribution in [-0.2, 0) is 28.7 Å². The maximum Gasteiger partial charge on any atom is 0.332 e. The molecule has 9 nitrogen and oxygen atoms in total. The van der Waals surface area contributed by atoms with E-state index in [0.29, 0.717) is 6.42 Å². The van der Waals surface area contributed by atoms with E-state index in [2.05, 4.69) is 0 Å². The highest BCUT2D eigenvalue weighted by Gasteiger charge is 2.52. The molecule has 0 radical (unpaired) electrons. The number of ketones is 2. The Morgan fingerprint density at radius 1 is 1.31 bits per heavy atom. The average Bonchev–Trinajstić information content (AvgIpc) is 2.78. The fourth-order valence-electron chi connectivity index (χ4n) is 3.54. The zero-order valence-electron chi connectivity index (χ0n) is 20.1. The van der Waals surface area contributed by atoms with Crippen molar-refractivity contribution in [1.82, 2.24) is 0 Å². The van der Waals surface area contributed by atoms with Gasteiger partial charge in [-0.2, -0.15) is 0 Å². The number of ether oxygens (including phenoxy) is 2. The Balaban J connectivity index is 2.33. The van der Waals surface area contributed by atoms with Crippen LogP contribution in [0.1, 0.15) is 47.5 Å². The van der Waals surface area contributed by atoms with Gasteiger partial charge in [0.15, 0.2) is 0 Å². The van der Waals surface area contributed by atoms with E-state index in [0.717, 1.165) is 19.3 Å². The fourth-order valence-corrected chi connectivity index (χ4v) is 3.88. The van der Waals surface area contributed by atoms with E-state index in [9.17, 15) is 29.4 Å². The number of hydrogen-bond donors (Lipinski definition) is 3. The average molecular weight is 509 g/mol. The summed E-state index contributed by atoms with van der Waals surface area (Å²) in [5.74, 6) is -4.06. The van der Waals surface area contributed by atoms with Gasteiger partial charge in [-0.05, 0) is 44.9 Å². The summed E-state index contributed by atoms with van der Waals surface area (Å²) in [5, 5.41) is 29.4. The first-order chi connectivity index (χ1) is 16.1. The number of rotatable bonds is 9. The number of aliphatic carboxylic acids is 1. The van der Waals surface area contributed by atoms with Gasteiger partial charge in [0.2, 0.25) is 17.2 Å². The molecule has 35 heavy (non-hydrogen) atoms. The molecule has 0 aromatic carbocycles. The lowest BCUT2D eigenvalue weighted by atomic mass is 9.80. The van der Waals surface area contributed by atoms with Crippen molar-refractivity contribution in [2.75, 3.05) is 0 Å². The van der Waals surface area contributed by atoms with E-state index in [4.69, 9.17) is 26.2 Å². The monoisotopic (exact) mass is 508 g/mol. The number of aliphatic hydroxyl groups is 2. The molecule has 2 aliphatic rings. The van der Waals surface area contributed by atoms with Gasteiger partial charge in [-0.1, -0.05) is 37.4 Å². The third-order valence-electron chi connectivity index (χ3n) is 5.90. The quantitative estimate of drug-likeness (QED) is 0.243. The number of esters is 1. The molecule has 0 bridgehead atoms. The summed E-state index contributed by atoms with van der Waals surface area (Å²) in [6.07, 6.45) is 5.20. The van der Waals surface area contributed by atoms with E-state index in [1.165, 1.54) is 32.1 Å². The molecule has 0 saturated heterocycles. The summed E-state index contributed by atoms with van der Waals surface area (Å²) in [6.45, 7) is 7.62. The topological polar surface area (TPSA) is 147 Å². The number of hydrogen-bond acceptors (Lipinski definition) is 8. The molecule has 0 fully saturated rings. The lowest BCUT2D eigenvalue weighted by Crippen LogP contribution is -2.51. The molecule has 0 spiro atoms. The molecule has 0 aromatic heterocycles. The smallest absolute Gasteiger partial charge is 0.332 e. The predicted molar refractivity (Wildman–Crippen MR) is 126 cm³/mol. The molecule has 1 heterocycles. The van der Waals surface area contributed by atoms with Crippen LogP contribution in [0, 0.1) is 5.92 Å². The number of carbonyl (C=O) groups is 4. The van der Waals surface area contributed by atoms with Crippen molar-refractivity contribution in [3.63, 3.8) is 0 Å². The lowest BCUT2D eigenvalue weighted by molar-refractivity contribution is -0.165. The van der Waals surface area contributed by atoms with E-state index >= 15 is 0 Å². The van der Waals surface area contributed by atoms with Gasteiger partial charge < -0.3 is 24.8 Å². The number of carbonyl (C=O) groups excluding carboxylic acids is 3. The highest BCUT2D eigenvalue weighted by Crippen LogP contribution is 2.39. The van der Waals surface area contributed by atoms with Crippen molar-refractivity contribution in [1.29, 1.82) is 0 Å². The lowest BCUT2D eigenvalue weighted by Gasteiger charge is -2.33. The maximum atomic E-state index is 13.1. The minimum Gasteiger partial charge on any atom is -0.481 e. The molecule has 1 aliphatic carbocycles. The van der Waals surface area contributed by atoms with Crippen LogP contribution >= 0.6 is 11.6 Å². The largest absolute Gasteiger partial charge is 0.481 e. The Hall–Kier alpha value is -3.01. The fraction of sp³-hybridized carbons (Fsp3) is 0.440. The van der Waals surface area contributed by atoms with Crippen LogP contribution in [0.25, 0.3) is 0 Å². The Bertz CT molecular complexity index is 1090. The van der Waals surface area contributed by atoms with E-state index in [1.54, 1.807) is 6.92 Å². The Labute approximate surface area is 208 Å². The second-order valence-corrected chi connectivity index (χ2v) is 9.37. The number of aliphatic hydroxyl groups excluding tert-OH is 1. The molecule has 3 N–H and O–H groups in total. The summed E-state index contributed by atoms with van der Waals surface area (Å²) in [7, 11) is 0. The summed E-state index contributed by atoms with van der Waals surface area (Å²) in [5.41, 5.74) is -3.71. The molecular weight excluding hydrogens is 480 g/mol. The van der Waals surface area contributed by atoms with Gasteiger partial charge in [0.1, 0.15) is 17.6 Å². The first kappa shape index (κ1) is 28.2. The Morgan fingerprint density at radius 3 is 2.51 bits per heavy atom. The van der Waals surface area contributed by atoms with Crippen LogP contribution in [0.3, 0.4) is 0 Å². The molecule has 190 valence electrons. The van der Waals surface area contributed by atoms with E-state index in [-0.39, 0.29) is 33.4 Å². The number of fused-ring (bicyclic) bond motifs is 1. The number of allylic oxidation sites excluding steroid dienone is 3. The number of carboxylic acids is 1. The third kappa shape index (κ3) is 6.17. The zero-order chi connectivity index (χ0) is 26.7. The van der Waals surface area contributed by atoms with Crippen LogP contribution in [0.15, 0.2) is 58.1 Å². The van der Waals surface area contributed by atoms with Gasteiger partial charge in [0.05, 0.1) is 23.1 Å². The summed E-state index contributed by atoms with van der Waals surface area (Å²) < 4.78 is 10.6. The number of Topliss-reactive ketones (excluding diaryl/α,β-unsaturated/α-hetero) is 2. The van der Waals surface area contributed by atoms with Gasteiger partial charge in [0.25, 0.3) is 0 Å². The summed E-state index contributed by atoms with van der Waals surface area (Å²) in [4.78, 5) is 49.0.